The number of benzene rings is 1. The van der Waals surface area contributed by atoms with Gasteiger partial charge in [-0.05, 0) is 37.4 Å². The zero-order valence-corrected chi connectivity index (χ0v) is 13.0. The SMILES string of the molecule is CNCC(OCC1CCOCC1)c1ccccc1Br. The fourth-order valence-electron chi connectivity index (χ4n) is 2.35. The molecule has 1 saturated heterocycles. The molecule has 1 fully saturated rings. The van der Waals surface area contributed by atoms with Crippen LogP contribution in [-0.4, -0.2) is 33.4 Å². The van der Waals surface area contributed by atoms with Gasteiger partial charge >= 0.3 is 0 Å². The molecule has 1 N–H and O–H groups in total. The van der Waals surface area contributed by atoms with Crippen molar-refractivity contribution in [3.8, 4) is 0 Å². The summed E-state index contributed by atoms with van der Waals surface area (Å²) in [5, 5.41) is 3.21. The van der Waals surface area contributed by atoms with Gasteiger partial charge < -0.3 is 14.8 Å². The molecule has 0 aliphatic carbocycles. The summed E-state index contributed by atoms with van der Waals surface area (Å²) in [7, 11) is 1.96. The summed E-state index contributed by atoms with van der Waals surface area (Å²) < 4.78 is 12.6. The van der Waals surface area contributed by atoms with Crippen molar-refractivity contribution in [2.75, 3.05) is 33.4 Å². The number of rotatable bonds is 6. The van der Waals surface area contributed by atoms with Gasteiger partial charge in [-0.1, -0.05) is 34.1 Å². The second-order valence-corrected chi connectivity index (χ2v) is 5.81. The van der Waals surface area contributed by atoms with Crippen LogP contribution in [0.4, 0.5) is 0 Å². The molecule has 1 aromatic carbocycles. The van der Waals surface area contributed by atoms with Crippen molar-refractivity contribution in [3.05, 3.63) is 34.3 Å². The van der Waals surface area contributed by atoms with E-state index in [1.165, 1.54) is 5.56 Å². The number of hydrogen-bond acceptors (Lipinski definition) is 3. The van der Waals surface area contributed by atoms with Gasteiger partial charge in [-0.3, -0.25) is 0 Å². The van der Waals surface area contributed by atoms with Crippen molar-refractivity contribution in [3.63, 3.8) is 0 Å². The van der Waals surface area contributed by atoms with Crippen LogP contribution in [0.15, 0.2) is 28.7 Å². The Hall–Kier alpha value is -0.420. The molecule has 3 nitrogen and oxygen atoms in total. The fourth-order valence-corrected chi connectivity index (χ4v) is 2.89. The summed E-state index contributed by atoms with van der Waals surface area (Å²) in [6, 6.07) is 8.27. The predicted molar refractivity (Wildman–Crippen MR) is 80.3 cm³/mol. The van der Waals surface area contributed by atoms with Crippen molar-refractivity contribution in [2.24, 2.45) is 5.92 Å². The zero-order valence-electron chi connectivity index (χ0n) is 11.4. The van der Waals surface area contributed by atoms with Crippen molar-refractivity contribution in [1.29, 1.82) is 0 Å². The molecule has 106 valence electrons. The monoisotopic (exact) mass is 327 g/mol. The van der Waals surface area contributed by atoms with Crippen LogP contribution in [-0.2, 0) is 9.47 Å². The van der Waals surface area contributed by atoms with Crippen LogP contribution in [0, 0.1) is 5.92 Å². The average Bonchev–Trinajstić information content (AvgIpc) is 2.45. The Balaban J connectivity index is 1.94. The number of likely N-dealkylation sites (N-methyl/N-ethyl adjacent to an activating group) is 1. The molecule has 0 amide bonds. The van der Waals surface area contributed by atoms with E-state index in [1.54, 1.807) is 0 Å². The molecule has 1 aliphatic heterocycles. The Kier molecular flexibility index (Phi) is 6.31. The maximum Gasteiger partial charge on any atom is 0.0960 e. The molecule has 1 atom stereocenters. The second-order valence-electron chi connectivity index (χ2n) is 4.96. The summed E-state index contributed by atoms with van der Waals surface area (Å²) in [6.07, 6.45) is 2.33. The lowest BCUT2D eigenvalue weighted by Gasteiger charge is -2.25. The smallest absolute Gasteiger partial charge is 0.0960 e. The first kappa shape index (κ1) is 15.0. The van der Waals surface area contributed by atoms with Crippen molar-refractivity contribution < 1.29 is 9.47 Å². The van der Waals surface area contributed by atoms with E-state index in [2.05, 4.69) is 39.4 Å². The van der Waals surface area contributed by atoms with Crippen LogP contribution in [0.3, 0.4) is 0 Å². The Morgan fingerprint density at radius 3 is 2.79 bits per heavy atom. The second kappa shape index (κ2) is 8.00. The van der Waals surface area contributed by atoms with E-state index in [0.717, 1.165) is 43.7 Å². The first-order valence-electron chi connectivity index (χ1n) is 6.89. The first-order valence-corrected chi connectivity index (χ1v) is 7.69. The highest BCUT2D eigenvalue weighted by Crippen LogP contribution is 2.27. The Morgan fingerprint density at radius 1 is 1.37 bits per heavy atom. The van der Waals surface area contributed by atoms with Gasteiger partial charge in [0.2, 0.25) is 0 Å². The quantitative estimate of drug-likeness (QED) is 0.870. The van der Waals surface area contributed by atoms with Gasteiger partial charge in [0.25, 0.3) is 0 Å². The van der Waals surface area contributed by atoms with Crippen LogP contribution < -0.4 is 5.32 Å². The van der Waals surface area contributed by atoms with Gasteiger partial charge in [-0.15, -0.1) is 0 Å². The van der Waals surface area contributed by atoms with E-state index < -0.39 is 0 Å². The Bertz CT molecular complexity index is 380. The van der Waals surface area contributed by atoms with E-state index in [9.17, 15) is 0 Å². The third-order valence-corrected chi connectivity index (χ3v) is 4.24. The molecule has 0 bridgehead atoms. The highest BCUT2D eigenvalue weighted by atomic mass is 79.9. The standard InChI is InChI=1S/C15H22BrNO2/c1-17-10-15(13-4-2-3-5-14(13)16)19-11-12-6-8-18-9-7-12/h2-5,12,15,17H,6-11H2,1H3. The highest BCUT2D eigenvalue weighted by Gasteiger charge is 2.19. The third-order valence-electron chi connectivity index (χ3n) is 3.52. The molecule has 1 unspecified atom stereocenters. The van der Waals surface area contributed by atoms with E-state index in [0.29, 0.717) is 5.92 Å². The molecular weight excluding hydrogens is 306 g/mol. The van der Waals surface area contributed by atoms with E-state index in [-0.39, 0.29) is 6.10 Å². The lowest BCUT2D eigenvalue weighted by atomic mass is 10.0. The van der Waals surface area contributed by atoms with Crippen LogP contribution >= 0.6 is 15.9 Å². The van der Waals surface area contributed by atoms with Crippen molar-refractivity contribution in [1.82, 2.24) is 5.32 Å². The number of nitrogens with one attached hydrogen (secondary N) is 1. The summed E-state index contributed by atoms with van der Waals surface area (Å²) >= 11 is 3.61. The fraction of sp³-hybridized carbons (Fsp3) is 0.600. The molecule has 4 heteroatoms. The normalized spacial score (nSPS) is 18.4. The molecule has 1 heterocycles. The maximum absolute atomic E-state index is 6.14. The van der Waals surface area contributed by atoms with Gasteiger partial charge in [0.15, 0.2) is 0 Å². The lowest BCUT2D eigenvalue weighted by Crippen LogP contribution is -2.25. The Morgan fingerprint density at radius 2 is 2.11 bits per heavy atom. The third kappa shape index (κ3) is 4.56. The minimum atomic E-state index is 0.100. The molecule has 19 heavy (non-hydrogen) atoms. The summed E-state index contributed by atoms with van der Waals surface area (Å²) in [5.74, 6) is 0.635. The van der Waals surface area contributed by atoms with E-state index in [4.69, 9.17) is 9.47 Å². The zero-order chi connectivity index (χ0) is 13.5. The van der Waals surface area contributed by atoms with Crippen LogP contribution in [0.2, 0.25) is 0 Å². The van der Waals surface area contributed by atoms with Crippen LogP contribution in [0.25, 0.3) is 0 Å². The van der Waals surface area contributed by atoms with Crippen LogP contribution in [0.1, 0.15) is 24.5 Å². The highest BCUT2D eigenvalue weighted by molar-refractivity contribution is 9.10. The molecule has 1 aromatic rings. The first-order chi connectivity index (χ1) is 9.31. The molecule has 0 spiro atoms. The number of halogens is 1. The van der Waals surface area contributed by atoms with Gasteiger partial charge in [-0.2, -0.15) is 0 Å². The molecule has 0 aromatic heterocycles. The molecule has 1 aliphatic rings. The van der Waals surface area contributed by atoms with Crippen molar-refractivity contribution >= 4 is 15.9 Å². The van der Waals surface area contributed by atoms with Gasteiger partial charge in [-0.25, -0.2) is 0 Å². The molecule has 2 rings (SSSR count). The largest absolute Gasteiger partial charge is 0.381 e. The summed E-state index contributed by atoms with van der Waals surface area (Å²) in [5.41, 5.74) is 1.21. The summed E-state index contributed by atoms with van der Waals surface area (Å²) in [6.45, 7) is 3.39. The van der Waals surface area contributed by atoms with Gasteiger partial charge in [0, 0.05) is 24.2 Å². The average molecular weight is 328 g/mol. The topological polar surface area (TPSA) is 30.5 Å². The van der Waals surface area contributed by atoms with E-state index >= 15 is 0 Å². The minimum absolute atomic E-state index is 0.100. The maximum atomic E-state index is 6.14. The molecular formula is C15H22BrNO2. The van der Waals surface area contributed by atoms with Crippen LogP contribution in [0.5, 0.6) is 0 Å². The molecule has 0 radical (unpaired) electrons. The Labute approximate surface area is 123 Å². The number of hydrogen-bond donors (Lipinski definition) is 1. The predicted octanol–water partition coefficient (Wildman–Crippen LogP) is 3.15. The van der Waals surface area contributed by atoms with E-state index in [1.807, 2.05) is 13.1 Å². The summed E-state index contributed by atoms with van der Waals surface area (Å²) in [4.78, 5) is 0. The lowest BCUT2D eigenvalue weighted by molar-refractivity contribution is -0.0110. The van der Waals surface area contributed by atoms with Gasteiger partial charge in [0.05, 0.1) is 12.7 Å². The molecule has 0 saturated carbocycles. The minimum Gasteiger partial charge on any atom is -0.381 e. The van der Waals surface area contributed by atoms with Gasteiger partial charge in [0.1, 0.15) is 0 Å². The number of ether oxygens (including phenoxy) is 2. The van der Waals surface area contributed by atoms with Crippen molar-refractivity contribution in [2.45, 2.75) is 18.9 Å².